The van der Waals surface area contributed by atoms with Gasteiger partial charge in [-0.2, -0.15) is 0 Å². The first-order valence-corrected chi connectivity index (χ1v) is 7.29. The summed E-state index contributed by atoms with van der Waals surface area (Å²) in [6.07, 6.45) is 0. The summed E-state index contributed by atoms with van der Waals surface area (Å²) in [5, 5.41) is 0.677. The number of ether oxygens (including phenoxy) is 1. The average molecular weight is 356 g/mol. The maximum Gasteiger partial charge on any atom is 0.119 e. The van der Waals surface area contributed by atoms with Crippen molar-refractivity contribution in [1.82, 2.24) is 5.43 Å². The van der Waals surface area contributed by atoms with Gasteiger partial charge in [0, 0.05) is 4.47 Å². The monoisotopic (exact) mass is 354 g/mol. The number of hydrogen-bond acceptors (Lipinski definition) is 3. The molecule has 0 radical (unpaired) electrons. The third-order valence-electron chi connectivity index (χ3n) is 3.23. The molecule has 0 aliphatic heterocycles. The summed E-state index contributed by atoms with van der Waals surface area (Å²) in [6.45, 7) is 2.03. The van der Waals surface area contributed by atoms with E-state index in [9.17, 15) is 0 Å². The zero-order valence-corrected chi connectivity index (χ0v) is 13.6. The average Bonchev–Trinajstić information content (AvgIpc) is 2.45. The van der Waals surface area contributed by atoms with Gasteiger partial charge >= 0.3 is 0 Å². The van der Waals surface area contributed by atoms with Crippen LogP contribution in [0.4, 0.5) is 0 Å². The van der Waals surface area contributed by atoms with E-state index in [1.165, 1.54) is 0 Å². The van der Waals surface area contributed by atoms with Crippen molar-refractivity contribution in [2.24, 2.45) is 5.84 Å². The fraction of sp³-hybridized carbons (Fsp3) is 0.200. The molecule has 3 N–H and O–H groups in total. The molecule has 1 unspecified atom stereocenters. The molecule has 2 aromatic rings. The first-order valence-electron chi connectivity index (χ1n) is 6.12. The minimum Gasteiger partial charge on any atom is -0.497 e. The molecule has 0 heterocycles. The molecule has 106 valence electrons. The zero-order valence-electron chi connectivity index (χ0n) is 11.3. The van der Waals surface area contributed by atoms with Gasteiger partial charge in [-0.25, -0.2) is 5.43 Å². The minimum atomic E-state index is -0.102. The van der Waals surface area contributed by atoms with E-state index in [0.29, 0.717) is 5.02 Å². The van der Waals surface area contributed by atoms with Crippen molar-refractivity contribution in [3.05, 3.63) is 62.6 Å². The lowest BCUT2D eigenvalue weighted by Crippen LogP contribution is -2.29. The van der Waals surface area contributed by atoms with Crippen LogP contribution in [0.15, 0.2) is 40.9 Å². The smallest absolute Gasteiger partial charge is 0.119 e. The van der Waals surface area contributed by atoms with E-state index >= 15 is 0 Å². The van der Waals surface area contributed by atoms with Gasteiger partial charge in [0.05, 0.1) is 18.2 Å². The van der Waals surface area contributed by atoms with Gasteiger partial charge in [-0.1, -0.05) is 23.7 Å². The third kappa shape index (κ3) is 3.15. The molecule has 0 aliphatic carbocycles. The Morgan fingerprint density at radius 3 is 2.55 bits per heavy atom. The van der Waals surface area contributed by atoms with Crippen molar-refractivity contribution in [2.75, 3.05) is 7.11 Å². The molecule has 1 atom stereocenters. The second kappa shape index (κ2) is 6.59. The summed E-state index contributed by atoms with van der Waals surface area (Å²) in [6, 6.07) is 11.6. The van der Waals surface area contributed by atoms with Crippen molar-refractivity contribution in [3.8, 4) is 5.75 Å². The van der Waals surface area contributed by atoms with E-state index in [1.807, 2.05) is 43.3 Å². The first-order chi connectivity index (χ1) is 9.56. The third-order valence-corrected chi connectivity index (χ3v) is 4.45. The SMILES string of the molecule is COc1ccc(C(NN)c2ccc(Cl)c(Br)c2)c(C)c1. The Labute approximate surface area is 132 Å². The van der Waals surface area contributed by atoms with Crippen LogP contribution in [0.25, 0.3) is 0 Å². The fourth-order valence-corrected chi connectivity index (χ4v) is 2.67. The lowest BCUT2D eigenvalue weighted by Gasteiger charge is -2.20. The molecule has 0 fully saturated rings. The molecule has 0 saturated carbocycles. The highest BCUT2D eigenvalue weighted by Gasteiger charge is 2.16. The van der Waals surface area contributed by atoms with Gasteiger partial charge in [-0.3, -0.25) is 5.84 Å². The summed E-state index contributed by atoms with van der Waals surface area (Å²) in [7, 11) is 1.66. The fourth-order valence-electron chi connectivity index (χ4n) is 2.16. The van der Waals surface area contributed by atoms with Crippen LogP contribution in [-0.2, 0) is 0 Å². The van der Waals surface area contributed by atoms with E-state index in [-0.39, 0.29) is 6.04 Å². The second-order valence-electron chi connectivity index (χ2n) is 4.50. The summed E-state index contributed by atoms with van der Waals surface area (Å²) < 4.78 is 6.08. The Hall–Kier alpha value is -1.07. The van der Waals surface area contributed by atoms with Crippen LogP contribution in [-0.4, -0.2) is 7.11 Å². The van der Waals surface area contributed by atoms with Gasteiger partial charge in [0.2, 0.25) is 0 Å². The molecule has 0 aliphatic rings. The van der Waals surface area contributed by atoms with E-state index in [2.05, 4.69) is 21.4 Å². The van der Waals surface area contributed by atoms with Gasteiger partial charge in [-0.15, -0.1) is 0 Å². The van der Waals surface area contributed by atoms with Crippen LogP contribution in [0.1, 0.15) is 22.7 Å². The van der Waals surface area contributed by atoms with Gasteiger partial charge in [-0.05, 0) is 63.8 Å². The topological polar surface area (TPSA) is 47.3 Å². The highest BCUT2D eigenvalue weighted by atomic mass is 79.9. The highest BCUT2D eigenvalue weighted by Crippen LogP contribution is 2.31. The second-order valence-corrected chi connectivity index (χ2v) is 5.76. The van der Waals surface area contributed by atoms with Gasteiger partial charge < -0.3 is 4.74 Å². The standard InChI is InChI=1S/C15H16BrClN2O/c1-9-7-11(20-2)4-5-12(9)15(19-18)10-3-6-14(17)13(16)8-10/h3-8,15,19H,18H2,1-2H3. The number of rotatable bonds is 4. The zero-order chi connectivity index (χ0) is 14.7. The summed E-state index contributed by atoms with van der Waals surface area (Å²) in [5.41, 5.74) is 6.10. The van der Waals surface area contributed by atoms with Crippen molar-refractivity contribution in [3.63, 3.8) is 0 Å². The Bertz CT molecular complexity index is 619. The van der Waals surface area contributed by atoms with Crippen molar-refractivity contribution in [2.45, 2.75) is 13.0 Å². The van der Waals surface area contributed by atoms with Crippen LogP contribution in [0.3, 0.4) is 0 Å². The Morgan fingerprint density at radius 2 is 2.00 bits per heavy atom. The number of hydrogen-bond donors (Lipinski definition) is 2. The van der Waals surface area contributed by atoms with E-state index < -0.39 is 0 Å². The molecule has 3 nitrogen and oxygen atoms in total. The molecule has 0 amide bonds. The molecule has 2 rings (SSSR count). The quantitative estimate of drug-likeness (QED) is 0.644. The lowest BCUT2D eigenvalue weighted by molar-refractivity contribution is 0.414. The van der Waals surface area contributed by atoms with Crippen molar-refractivity contribution in [1.29, 1.82) is 0 Å². The minimum absolute atomic E-state index is 0.102. The molecule has 0 spiro atoms. The number of nitrogens with one attached hydrogen (secondary N) is 1. The number of halogens is 2. The maximum absolute atomic E-state index is 6.03. The Morgan fingerprint density at radius 1 is 1.25 bits per heavy atom. The van der Waals surface area contributed by atoms with Crippen LogP contribution in [0.5, 0.6) is 5.75 Å². The molecule has 0 aromatic heterocycles. The van der Waals surface area contributed by atoms with Gasteiger partial charge in [0.15, 0.2) is 0 Å². The maximum atomic E-state index is 6.03. The molecule has 0 saturated heterocycles. The predicted octanol–water partition coefficient (Wildman–Crippen LogP) is 3.97. The Balaban J connectivity index is 2.43. The molecular weight excluding hydrogens is 340 g/mol. The van der Waals surface area contributed by atoms with Gasteiger partial charge in [0.25, 0.3) is 0 Å². The number of methoxy groups -OCH3 is 1. The molecule has 2 aromatic carbocycles. The van der Waals surface area contributed by atoms with Crippen molar-refractivity contribution >= 4 is 27.5 Å². The van der Waals surface area contributed by atoms with Crippen LogP contribution in [0, 0.1) is 6.92 Å². The molecule has 20 heavy (non-hydrogen) atoms. The highest BCUT2D eigenvalue weighted by molar-refractivity contribution is 9.10. The molecular formula is C15H16BrClN2O. The number of benzene rings is 2. The van der Waals surface area contributed by atoms with E-state index in [4.69, 9.17) is 22.2 Å². The predicted molar refractivity (Wildman–Crippen MR) is 86.0 cm³/mol. The largest absolute Gasteiger partial charge is 0.497 e. The number of aryl methyl sites for hydroxylation is 1. The first kappa shape index (κ1) is 15.3. The van der Waals surface area contributed by atoms with Crippen molar-refractivity contribution < 1.29 is 4.74 Å². The Kier molecular flexibility index (Phi) is 5.05. The number of nitrogens with two attached hydrogens (primary N) is 1. The van der Waals surface area contributed by atoms with E-state index in [1.54, 1.807) is 7.11 Å². The molecule has 0 bridgehead atoms. The molecule has 5 heteroatoms. The lowest BCUT2D eigenvalue weighted by atomic mass is 9.95. The summed E-state index contributed by atoms with van der Waals surface area (Å²) in [4.78, 5) is 0. The van der Waals surface area contributed by atoms with Crippen LogP contribution < -0.4 is 16.0 Å². The normalized spacial score (nSPS) is 12.2. The summed E-state index contributed by atoms with van der Waals surface area (Å²) >= 11 is 9.47. The van der Waals surface area contributed by atoms with Gasteiger partial charge in [0.1, 0.15) is 5.75 Å². The van der Waals surface area contributed by atoms with Crippen LogP contribution >= 0.6 is 27.5 Å². The van der Waals surface area contributed by atoms with E-state index in [0.717, 1.165) is 26.9 Å². The number of hydrazine groups is 1. The van der Waals surface area contributed by atoms with Crippen LogP contribution in [0.2, 0.25) is 5.02 Å². The summed E-state index contributed by atoms with van der Waals surface area (Å²) in [5.74, 6) is 6.57.